The Morgan fingerprint density at radius 3 is 2.30 bits per heavy atom. The number of aromatic amines is 1. The summed E-state index contributed by atoms with van der Waals surface area (Å²) in [5.74, 6) is -0.126. The minimum Gasteiger partial charge on any atom is -0.365 e. The van der Waals surface area contributed by atoms with E-state index in [9.17, 15) is 9.59 Å². The van der Waals surface area contributed by atoms with Crippen molar-refractivity contribution >= 4 is 5.91 Å². The molecule has 0 unspecified atom stereocenters. The van der Waals surface area contributed by atoms with E-state index >= 15 is 0 Å². The molecule has 1 aliphatic rings. The van der Waals surface area contributed by atoms with Gasteiger partial charge in [0.15, 0.2) is 0 Å². The molecular formula is C16H24N2O2. The maximum absolute atomic E-state index is 12.2. The topological polar surface area (TPSA) is 75.9 Å². The zero-order valence-electron chi connectivity index (χ0n) is 12.4. The molecule has 2 rings (SSSR count). The number of amides is 1. The van der Waals surface area contributed by atoms with Crippen LogP contribution in [-0.4, -0.2) is 10.9 Å². The Kier molecular flexibility index (Phi) is 4.63. The Labute approximate surface area is 119 Å². The third-order valence-electron chi connectivity index (χ3n) is 3.98. The number of fused-ring (bicyclic) bond motifs is 1. The van der Waals surface area contributed by atoms with Gasteiger partial charge in [0.2, 0.25) is 0 Å². The average Bonchev–Trinajstić information content (AvgIpc) is 2.29. The van der Waals surface area contributed by atoms with Gasteiger partial charge >= 0.3 is 0 Å². The molecular weight excluding hydrogens is 252 g/mol. The third-order valence-corrected chi connectivity index (χ3v) is 3.98. The molecule has 1 aromatic rings. The third kappa shape index (κ3) is 3.11. The summed E-state index contributed by atoms with van der Waals surface area (Å²) in [5, 5.41) is 0. The molecule has 0 spiro atoms. The molecule has 1 heterocycles. The Bertz CT molecular complexity index is 558. The van der Waals surface area contributed by atoms with Crippen LogP contribution in [0.4, 0.5) is 0 Å². The zero-order chi connectivity index (χ0) is 14.7. The number of carbonyl (C=O) groups excluding carboxylic acids is 1. The van der Waals surface area contributed by atoms with Gasteiger partial charge in [-0.15, -0.1) is 0 Å². The van der Waals surface area contributed by atoms with Gasteiger partial charge in [-0.3, -0.25) is 9.59 Å². The highest BCUT2D eigenvalue weighted by Gasteiger charge is 2.21. The number of hydrogen-bond donors (Lipinski definition) is 2. The van der Waals surface area contributed by atoms with Crippen molar-refractivity contribution in [2.75, 3.05) is 0 Å². The van der Waals surface area contributed by atoms with Crippen molar-refractivity contribution in [3.8, 4) is 0 Å². The van der Waals surface area contributed by atoms with Crippen LogP contribution in [-0.2, 0) is 19.3 Å². The fraction of sp³-hybridized carbons (Fsp3) is 0.625. The van der Waals surface area contributed by atoms with Gasteiger partial charge in [-0.1, -0.05) is 26.7 Å². The maximum Gasteiger partial charge on any atom is 0.261 e. The van der Waals surface area contributed by atoms with Gasteiger partial charge in [0.05, 0.1) is 0 Å². The molecule has 4 heteroatoms. The van der Waals surface area contributed by atoms with Crippen LogP contribution < -0.4 is 11.3 Å². The van der Waals surface area contributed by atoms with Gasteiger partial charge in [0, 0.05) is 5.69 Å². The number of nitrogens with two attached hydrogens (primary N) is 1. The highest BCUT2D eigenvalue weighted by Crippen LogP contribution is 2.25. The van der Waals surface area contributed by atoms with Crippen LogP contribution in [0.2, 0.25) is 0 Å². The normalized spacial score (nSPS) is 15.6. The van der Waals surface area contributed by atoms with Crippen LogP contribution in [0.15, 0.2) is 4.79 Å². The lowest BCUT2D eigenvalue weighted by Crippen LogP contribution is -2.29. The molecule has 0 saturated heterocycles. The lowest BCUT2D eigenvalue weighted by molar-refractivity contribution is 0.0997. The summed E-state index contributed by atoms with van der Waals surface area (Å²) in [6.07, 6.45) is 7.09. The smallest absolute Gasteiger partial charge is 0.261 e. The lowest BCUT2D eigenvalue weighted by atomic mass is 9.87. The first-order valence-corrected chi connectivity index (χ1v) is 7.57. The fourth-order valence-corrected chi connectivity index (χ4v) is 3.12. The molecule has 1 amide bonds. The minimum absolute atomic E-state index is 0.189. The molecule has 1 aliphatic carbocycles. The number of pyridine rings is 1. The second kappa shape index (κ2) is 6.25. The molecule has 0 aromatic carbocycles. The number of aromatic nitrogens is 1. The molecule has 110 valence electrons. The second-order valence-electron chi connectivity index (χ2n) is 6.14. The molecule has 0 saturated carbocycles. The first-order valence-electron chi connectivity index (χ1n) is 7.57. The van der Waals surface area contributed by atoms with E-state index in [4.69, 9.17) is 5.73 Å². The van der Waals surface area contributed by atoms with Crippen LogP contribution in [0.5, 0.6) is 0 Å². The maximum atomic E-state index is 12.2. The number of primary amides is 1. The Hall–Kier alpha value is -1.58. The van der Waals surface area contributed by atoms with Crippen molar-refractivity contribution in [3.63, 3.8) is 0 Å². The summed E-state index contributed by atoms with van der Waals surface area (Å²) in [6.45, 7) is 4.27. The van der Waals surface area contributed by atoms with Crippen molar-refractivity contribution in [2.24, 2.45) is 11.7 Å². The van der Waals surface area contributed by atoms with Crippen molar-refractivity contribution in [3.05, 3.63) is 32.7 Å². The van der Waals surface area contributed by atoms with E-state index in [0.29, 0.717) is 5.92 Å². The summed E-state index contributed by atoms with van der Waals surface area (Å²) >= 11 is 0. The molecule has 20 heavy (non-hydrogen) atoms. The Morgan fingerprint density at radius 2 is 1.75 bits per heavy atom. The van der Waals surface area contributed by atoms with Crippen molar-refractivity contribution in [1.82, 2.24) is 4.98 Å². The summed E-state index contributed by atoms with van der Waals surface area (Å²) < 4.78 is 0. The van der Waals surface area contributed by atoms with E-state index in [1.807, 2.05) is 0 Å². The van der Waals surface area contributed by atoms with E-state index in [2.05, 4.69) is 18.8 Å². The van der Waals surface area contributed by atoms with Crippen LogP contribution in [0.3, 0.4) is 0 Å². The predicted molar refractivity (Wildman–Crippen MR) is 80.0 cm³/mol. The molecule has 0 radical (unpaired) electrons. The monoisotopic (exact) mass is 276 g/mol. The Balaban J connectivity index is 2.61. The van der Waals surface area contributed by atoms with Gasteiger partial charge < -0.3 is 10.7 Å². The molecule has 4 nitrogen and oxygen atoms in total. The minimum atomic E-state index is -0.598. The molecule has 0 fully saturated rings. The van der Waals surface area contributed by atoms with Crippen LogP contribution in [0, 0.1) is 5.92 Å². The number of hydrogen-bond acceptors (Lipinski definition) is 2. The van der Waals surface area contributed by atoms with Crippen LogP contribution in [0.1, 0.15) is 66.7 Å². The molecule has 0 bridgehead atoms. The van der Waals surface area contributed by atoms with E-state index < -0.39 is 5.91 Å². The van der Waals surface area contributed by atoms with Gasteiger partial charge in [0.1, 0.15) is 5.56 Å². The fourth-order valence-electron chi connectivity index (χ4n) is 3.12. The number of nitrogens with one attached hydrogen (secondary N) is 1. The first kappa shape index (κ1) is 14.8. The first-order chi connectivity index (χ1) is 9.50. The highest BCUT2D eigenvalue weighted by molar-refractivity contribution is 5.94. The van der Waals surface area contributed by atoms with Crippen LogP contribution >= 0.6 is 0 Å². The highest BCUT2D eigenvalue weighted by atomic mass is 16.2. The van der Waals surface area contributed by atoms with E-state index in [1.165, 1.54) is 12.0 Å². The summed E-state index contributed by atoms with van der Waals surface area (Å²) in [5.41, 5.74) is 8.39. The van der Waals surface area contributed by atoms with Crippen molar-refractivity contribution in [1.29, 1.82) is 0 Å². The number of rotatable bonds is 3. The van der Waals surface area contributed by atoms with Crippen molar-refractivity contribution in [2.45, 2.75) is 58.8 Å². The number of carbonyl (C=O) groups is 1. The summed E-state index contributed by atoms with van der Waals surface area (Å²) in [6, 6.07) is 0. The summed E-state index contributed by atoms with van der Waals surface area (Å²) in [7, 11) is 0. The van der Waals surface area contributed by atoms with Crippen LogP contribution in [0.25, 0.3) is 0 Å². The van der Waals surface area contributed by atoms with Gasteiger partial charge in [-0.2, -0.15) is 0 Å². The predicted octanol–water partition coefficient (Wildman–Crippen LogP) is 2.33. The van der Waals surface area contributed by atoms with E-state index in [-0.39, 0.29) is 11.1 Å². The zero-order valence-corrected chi connectivity index (χ0v) is 12.4. The van der Waals surface area contributed by atoms with Gasteiger partial charge in [-0.25, -0.2) is 0 Å². The quantitative estimate of drug-likeness (QED) is 0.889. The van der Waals surface area contributed by atoms with Gasteiger partial charge in [-0.05, 0) is 49.1 Å². The standard InChI is InChI=1S/C16H24N2O2/c1-10(2)9-13-11-7-5-3-4-6-8-12(11)14(15(17)19)16(20)18-13/h10H,3-9H2,1-2H3,(H2,17,19)(H,18,20). The SMILES string of the molecule is CC(C)Cc1[nH]c(=O)c(C(N)=O)c2c1CCCCCC2. The molecule has 0 atom stereocenters. The number of H-pyrrole nitrogens is 1. The average molecular weight is 276 g/mol. The van der Waals surface area contributed by atoms with Gasteiger partial charge in [0.25, 0.3) is 11.5 Å². The van der Waals surface area contributed by atoms with E-state index in [1.54, 1.807) is 0 Å². The van der Waals surface area contributed by atoms with Crippen molar-refractivity contribution < 1.29 is 4.79 Å². The van der Waals surface area contributed by atoms with E-state index in [0.717, 1.165) is 49.8 Å². The lowest BCUT2D eigenvalue weighted by Gasteiger charge is -2.20. The molecule has 3 N–H and O–H groups in total. The molecule has 1 aromatic heterocycles. The Morgan fingerprint density at radius 1 is 1.15 bits per heavy atom. The second-order valence-corrected chi connectivity index (χ2v) is 6.14. The summed E-state index contributed by atoms with van der Waals surface area (Å²) in [4.78, 5) is 26.7. The molecule has 0 aliphatic heterocycles. The largest absolute Gasteiger partial charge is 0.365 e.